The summed E-state index contributed by atoms with van der Waals surface area (Å²) in [4.78, 5) is 8.35. The lowest BCUT2D eigenvalue weighted by Gasteiger charge is -2.03. The van der Waals surface area contributed by atoms with Crippen molar-refractivity contribution in [1.82, 2.24) is 9.97 Å². The van der Waals surface area contributed by atoms with Crippen LogP contribution in [0.25, 0.3) is 0 Å². The van der Waals surface area contributed by atoms with E-state index in [1.807, 2.05) is 13.1 Å². The molecule has 3 heteroatoms. The van der Waals surface area contributed by atoms with Crippen molar-refractivity contribution in [3.05, 3.63) is 17.5 Å². The van der Waals surface area contributed by atoms with E-state index in [9.17, 15) is 0 Å². The van der Waals surface area contributed by atoms with Crippen LogP contribution in [0.5, 0.6) is 6.01 Å². The first kappa shape index (κ1) is 7.53. The van der Waals surface area contributed by atoms with Crippen LogP contribution in [0.2, 0.25) is 0 Å². The van der Waals surface area contributed by atoms with Gasteiger partial charge in [-0.2, -0.15) is 4.98 Å². The van der Waals surface area contributed by atoms with Crippen molar-refractivity contribution in [3.63, 3.8) is 0 Å². The molecule has 64 valence electrons. The van der Waals surface area contributed by atoms with Gasteiger partial charge in [0.1, 0.15) is 0 Å². The predicted molar refractivity (Wildman–Crippen MR) is 45.3 cm³/mol. The molecule has 1 aliphatic carbocycles. The van der Waals surface area contributed by atoms with Crippen molar-refractivity contribution in [1.29, 1.82) is 0 Å². The SMILES string of the molecule is COc1ncc(C)c(C2CC2)n1. The molecule has 1 fully saturated rings. The van der Waals surface area contributed by atoms with E-state index in [0.29, 0.717) is 11.9 Å². The van der Waals surface area contributed by atoms with Gasteiger partial charge in [-0.15, -0.1) is 0 Å². The number of methoxy groups -OCH3 is 1. The summed E-state index contributed by atoms with van der Waals surface area (Å²) in [5.74, 6) is 0.668. The summed E-state index contributed by atoms with van der Waals surface area (Å²) in [6.45, 7) is 2.05. The molecule has 0 aromatic carbocycles. The summed E-state index contributed by atoms with van der Waals surface area (Å²) in [7, 11) is 1.60. The Balaban J connectivity index is 2.36. The van der Waals surface area contributed by atoms with Crippen LogP contribution in [-0.4, -0.2) is 17.1 Å². The fraction of sp³-hybridized carbons (Fsp3) is 0.556. The molecule has 0 amide bonds. The smallest absolute Gasteiger partial charge is 0.316 e. The second kappa shape index (κ2) is 2.73. The highest BCUT2D eigenvalue weighted by Gasteiger charge is 2.27. The van der Waals surface area contributed by atoms with E-state index in [-0.39, 0.29) is 0 Å². The molecule has 1 saturated carbocycles. The molecule has 0 spiro atoms. The van der Waals surface area contributed by atoms with Gasteiger partial charge in [0.05, 0.1) is 12.8 Å². The fourth-order valence-electron chi connectivity index (χ4n) is 1.31. The van der Waals surface area contributed by atoms with E-state index in [2.05, 4.69) is 9.97 Å². The minimum atomic E-state index is 0.488. The van der Waals surface area contributed by atoms with Crippen molar-refractivity contribution in [2.45, 2.75) is 25.7 Å². The van der Waals surface area contributed by atoms with Gasteiger partial charge in [-0.25, -0.2) is 4.98 Å². The van der Waals surface area contributed by atoms with Gasteiger partial charge >= 0.3 is 6.01 Å². The van der Waals surface area contributed by atoms with Crippen LogP contribution in [-0.2, 0) is 0 Å². The van der Waals surface area contributed by atoms with Gasteiger partial charge in [0, 0.05) is 12.1 Å². The van der Waals surface area contributed by atoms with E-state index in [1.165, 1.54) is 24.1 Å². The lowest BCUT2D eigenvalue weighted by atomic mass is 10.2. The van der Waals surface area contributed by atoms with Crippen molar-refractivity contribution in [3.8, 4) is 6.01 Å². The highest BCUT2D eigenvalue weighted by atomic mass is 16.5. The average molecular weight is 164 g/mol. The van der Waals surface area contributed by atoms with Crippen LogP contribution in [0.4, 0.5) is 0 Å². The molecule has 1 aliphatic rings. The maximum Gasteiger partial charge on any atom is 0.316 e. The minimum absolute atomic E-state index is 0.488. The standard InChI is InChI=1S/C9H12N2O/c1-6-5-10-9(12-2)11-8(6)7-3-4-7/h5,7H,3-4H2,1-2H3. The Kier molecular flexibility index (Phi) is 1.71. The van der Waals surface area contributed by atoms with Gasteiger partial charge in [-0.05, 0) is 25.3 Å². The second-order valence-electron chi connectivity index (χ2n) is 3.20. The van der Waals surface area contributed by atoms with Crippen LogP contribution >= 0.6 is 0 Å². The molecule has 0 aliphatic heterocycles. The Hall–Kier alpha value is -1.12. The number of aromatic nitrogens is 2. The van der Waals surface area contributed by atoms with Gasteiger partial charge in [0.25, 0.3) is 0 Å². The van der Waals surface area contributed by atoms with E-state index in [0.717, 1.165) is 0 Å². The topological polar surface area (TPSA) is 35.0 Å². The third kappa shape index (κ3) is 1.26. The van der Waals surface area contributed by atoms with E-state index in [1.54, 1.807) is 7.11 Å². The summed E-state index contributed by atoms with van der Waals surface area (Å²) < 4.78 is 4.97. The molecular formula is C9H12N2O. The highest BCUT2D eigenvalue weighted by Crippen LogP contribution is 2.40. The Bertz CT molecular complexity index is 295. The molecule has 0 radical (unpaired) electrons. The second-order valence-corrected chi connectivity index (χ2v) is 3.20. The van der Waals surface area contributed by atoms with E-state index in [4.69, 9.17) is 4.74 Å². The number of nitrogens with zero attached hydrogens (tertiary/aromatic N) is 2. The van der Waals surface area contributed by atoms with Crippen LogP contribution in [0, 0.1) is 6.92 Å². The Labute approximate surface area is 71.8 Å². The van der Waals surface area contributed by atoms with E-state index < -0.39 is 0 Å². The maximum absolute atomic E-state index is 4.97. The molecule has 0 atom stereocenters. The quantitative estimate of drug-likeness (QED) is 0.667. The summed E-state index contributed by atoms with van der Waals surface area (Å²) in [6, 6.07) is 0.488. The van der Waals surface area contributed by atoms with Crippen molar-refractivity contribution in [2.24, 2.45) is 0 Å². The lowest BCUT2D eigenvalue weighted by Crippen LogP contribution is -1.97. The number of rotatable bonds is 2. The van der Waals surface area contributed by atoms with Crippen molar-refractivity contribution >= 4 is 0 Å². The van der Waals surface area contributed by atoms with Crippen molar-refractivity contribution < 1.29 is 4.74 Å². The lowest BCUT2D eigenvalue weighted by molar-refractivity contribution is 0.377. The molecule has 12 heavy (non-hydrogen) atoms. The largest absolute Gasteiger partial charge is 0.467 e. The fourth-order valence-corrected chi connectivity index (χ4v) is 1.31. The van der Waals surface area contributed by atoms with Gasteiger partial charge in [0.2, 0.25) is 0 Å². The van der Waals surface area contributed by atoms with Crippen LogP contribution < -0.4 is 4.74 Å². The third-order valence-electron chi connectivity index (χ3n) is 2.14. The van der Waals surface area contributed by atoms with Gasteiger partial charge in [-0.1, -0.05) is 0 Å². The molecule has 0 saturated heterocycles. The van der Waals surface area contributed by atoms with Gasteiger partial charge in [-0.3, -0.25) is 0 Å². The highest BCUT2D eigenvalue weighted by molar-refractivity contribution is 5.24. The molecule has 0 unspecified atom stereocenters. The summed E-state index contributed by atoms with van der Waals surface area (Å²) in [5.41, 5.74) is 2.35. The molecular weight excluding hydrogens is 152 g/mol. The molecule has 1 aromatic rings. The molecule has 1 heterocycles. The van der Waals surface area contributed by atoms with Crippen LogP contribution in [0.3, 0.4) is 0 Å². The average Bonchev–Trinajstić information content (AvgIpc) is 2.88. The molecule has 2 rings (SSSR count). The van der Waals surface area contributed by atoms with E-state index >= 15 is 0 Å². The number of hydrogen-bond donors (Lipinski definition) is 0. The van der Waals surface area contributed by atoms with Crippen LogP contribution in [0.15, 0.2) is 6.20 Å². The molecule has 3 nitrogen and oxygen atoms in total. The summed E-state index contributed by atoms with van der Waals surface area (Å²) in [5, 5.41) is 0. The Morgan fingerprint density at radius 3 is 2.83 bits per heavy atom. The molecule has 1 aromatic heterocycles. The predicted octanol–water partition coefficient (Wildman–Crippen LogP) is 1.67. The van der Waals surface area contributed by atoms with Gasteiger partial charge in [0.15, 0.2) is 0 Å². The Morgan fingerprint density at radius 2 is 2.25 bits per heavy atom. The minimum Gasteiger partial charge on any atom is -0.467 e. The number of hydrogen-bond acceptors (Lipinski definition) is 3. The normalized spacial score (nSPS) is 16.2. The molecule has 0 bridgehead atoms. The number of aryl methyl sites for hydroxylation is 1. The number of ether oxygens (including phenoxy) is 1. The zero-order chi connectivity index (χ0) is 8.55. The van der Waals surface area contributed by atoms with Crippen LogP contribution in [0.1, 0.15) is 30.0 Å². The Morgan fingerprint density at radius 1 is 1.50 bits per heavy atom. The monoisotopic (exact) mass is 164 g/mol. The summed E-state index contributed by atoms with van der Waals surface area (Å²) in [6.07, 6.45) is 4.36. The maximum atomic E-state index is 4.97. The zero-order valence-corrected chi connectivity index (χ0v) is 7.37. The molecule has 0 N–H and O–H groups in total. The first-order valence-electron chi connectivity index (χ1n) is 4.19. The zero-order valence-electron chi connectivity index (χ0n) is 7.37. The first-order chi connectivity index (χ1) is 5.81. The van der Waals surface area contributed by atoms with Gasteiger partial charge < -0.3 is 4.74 Å². The first-order valence-corrected chi connectivity index (χ1v) is 4.19. The van der Waals surface area contributed by atoms with Crippen molar-refractivity contribution in [2.75, 3.05) is 7.11 Å². The third-order valence-corrected chi connectivity index (χ3v) is 2.14. The summed E-state index contributed by atoms with van der Waals surface area (Å²) >= 11 is 0.